The van der Waals surface area contributed by atoms with E-state index < -0.39 is 0 Å². The van der Waals surface area contributed by atoms with Crippen molar-refractivity contribution >= 4 is 17.4 Å². The summed E-state index contributed by atoms with van der Waals surface area (Å²) in [4.78, 5) is 11.9. The Kier molecular flexibility index (Phi) is 5.37. The minimum absolute atomic E-state index is 0.0308. The summed E-state index contributed by atoms with van der Waals surface area (Å²) in [6.45, 7) is 0. The topological polar surface area (TPSA) is 26.3 Å². The summed E-state index contributed by atoms with van der Waals surface area (Å²) in [5.74, 6) is 0.588. The van der Waals surface area contributed by atoms with Crippen molar-refractivity contribution in [1.82, 2.24) is 0 Å². The molecule has 1 aromatic rings. The lowest BCUT2D eigenvalue weighted by Crippen LogP contribution is -2.23. The Morgan fingerprint density at radius 1 is 1.40 bits per heavy atom. The second-order valence-electron chi connectivity index (χ2n) is 3.29. The van der Waals surface area contributed by atoms with Crippen LogP contribution in [0.15, 0.2) is 30.3 Å². The highest BCUT2D eigenvalue weighted by Gasteiger charge is 2.18. The first-order chi connectivity index (χ1) is 7.29. The first-order valence-corrected chi connectivity index (χ1v) is 5.51. The van der Waals surface area contributed by atoms with E-state index in [-0.39, 0.29) is 11.9 Å². The number of hydrogen-bond acceptors (Lipinski definition) is 2. The molecule has 0 aliphatic rings. The van der Waals surface area contributed by atoms with Crippen LogP contribution >= 0.6 is 11.6 Å². The van der Waals surface area contributed by atoms with Crippen LogP contribution in [0.25, 0.3) is 0 Å². The molecule has 2 nitrogen and oxygen atoms in total. The van der Waals surface area contributed by atoms with E-state index in [0.29, 0.717) is 17.9 Å². The van der Waals surface area contributed by atoms with E-state index >= 15 is 0 Å². The molecule has 0 spiro atoms. The van der Waals surface area contributed by atoms with E-state index in [4.69, 9.17) is 16.3 Å². The minimum atomic E-state index is -0.369. The number of carbonyl (C=O) groups is 1. The fourth-order valence-electron chi connectivity index (χ4n) is 1.41. The summed E-state index contributed by atoms with van der Waals surface area (Å²) in [5, 5.41) is 0. The molecule has 0 amide bonds. The summed E-state index contributed by atoms with van der Waals surface area (Å²) in [6.07, 6.45) is 1.10. The summed E-state index contributed by atoms with van der Waals surface area (Å²) in [7, 11) is 1.56. The lowest BCUT2D eigenvalue weighted by Gasteiger charge is -2.13. The lowest BCUT2D eigenvalue weighted by molar-refractivity contribution is 0.0579. The number of ether oxygens (including phenoxy) is 1. The standard InChI is InChI=1S/C12H15ClO2/c1-15-11(8-5-9-13)12(14)10-6-3-2-4-7-10/h2-4,6-7,11H,5,8-9H2,1H3. The Labute approximate surface area is 95.2 Å². The van der Waals surface area contributed by atoms with E-state index in [1.54, 1.807) is 19.2 Å². The van der Waals surface area contributed by atoms with Crippen LogP contribution in [0, 0.1) is 0 Å². The smallest absolute Gasteiger partial charge is 0.191 e. The van der Waals surface area contributed by atoms with E-state index in [1.165, 1.54) is 0 Å². The predicted molar refractivity (Wildman–Crippen MR) is 61.5 cm³/mol. The number of ketones is 1. The molecule has 0 saturated heterocycles. The predicted octanol–water partition coefficient (Wildman–Crippen LogP) is 2.90. The van der Waals surface area contributed by atoms with Crippen molar-refractivity contribution in [2.24, 2.45) is 0 Å². The van der Waals surface area contributed by atoms with Crippen LogP contribution in [0.5, 0.6) is 0 Å². The Balaban J connectivity index is 2.65. The van der Waals surface area contributed by atoms with Crippen LogP contribution in [0.2, 0.25) is 0 Å². The maximum atomic E-state index is 11.9. The minimum Gasteiger partial charge on any atom is -0.373 e. The molecule has 82 valence electrons. The van der Waals surface area contributed by atoms with Crippen LogP contribution in [-0.4, -0.2) is 24.9 Å². The molecule has 0 aliphatic carbocycles. The molecule has 0 heterocycles. The third-order valence-electron chi connectivity index (χ3n) is 2.24. The van der Waals surface area contributed by atoms with Gasteiger partial charge in [-0.3, -0.25) is 4.79 Å². The average molecular weight is 227 g/mol. The average Bonchev–Trinajstić information content (AvgIpc) is 2.31. The van der Waals surface area contributed by atoms with Crippen LogP contribution in [0.3, 0.4) is 0 Å². The molecule has 1 unspecified atom stereocenters. The van der Waals surface area contributed by atoms with Crippen molar-refractivity contribution in [1.29, 1.82) is 0 Å². The van der Waals surface area contributed by atoms with Gasteiger partial charge in [0.2, 0.25) is 0 Å². The van der Waals surface area contributed by atoms with Gasteiger partial charge in [0.15, 0.2) is 5.78 Å². The number of benzene rings is 1. The maximum absolute atomic E-state index is 11.9. The number of methoxy groups -OCH3 is 1. The van der Waals surface area contributed by atoms with Gasteiger partial charge in [-0.1, -0.05) is 30.3 Å². The van der Waals surface area contributed by atoms with E-state index in [1.807, 2.05) is 18.2 Å². The number of carbonyl (C=O) groups excluding carboxylic acids is 1. The quantitative estimate of drug-likeness (QED) is 0.551. The van der Waals surface area contributed by atoms with Gasteiger partial charge >= 0.3 is 0 Å². The number of hydrogen-bond donors (Lipinski definition) is 0. The van der Waals surface area contributed by atoms with Crippen molar-refractivity contribution < 1.29 is 9.53 Å². The van der Waals surface area contributed by atoms with Crippen molar-refractivity contribution in [2.75, 3.05) is 13.0 Å². The normalized spacial score (nSPS) is 12.4. The molecule has 0 aromatic heterocycles. The van der Waals surface area contributed by atoms with Crippen LogP contribution in [-0.2, 0) is 4.74 Å². The Morgan fingerprint density at radius 2 is 2.07 bits per heavy atom. The van der Waals surface area contributed by atoms with Gasteiger partial charge in [0.1, 0.15) is 6.10 Å². The van der Waals surface area contributed by atoms with Crippen molar-refractivity contribution in [2.45, 2.75) is 18.9 Å². The van der Waals surface area contributed by atoms with Gasteiger partial charge in [-0.15, -0.1) is 11.6 Å². The molecule has 1 rings (SSSR count). The molecule has 1 atom stereocenters. The number of alkyl halides is 1. The van der Waals surface area contributed by atoms with Crippen LogP contribution in [0.4, 0.5) is 0 Å². The fourth-order valence-corrected chi connectivity index (χ4v) is 1.56. The molecule has 3 heteroatoms. The highest BCUT2D eigenvalue weighted by Crippen LogP contribution is 2.10. The largest absolute Gasteiger partial charge is 0.373 e. The second kappa shape index (κ2) is 6.59. The Hall–Kier alpha value is -0.860. The van der Waals surface area contributed by atoms with Gasteiger partial charge in [0, 0.05) is 18.6 Å². The molecular weight excluding hydrogens is 212 g/mol. The summed E-state index contributed by atoms with van der Waals surface area (Å²) in [6, 6.07) is 9.18. The van der Waals surface area contributed by atoms with Gasteiger partial charge in [0.05, 0.1) is 0 Å². The monoisotopic (exact) mass is 226 g/mol. The molecule has 15 heavy (non-hydrogen) atoms. The zero-order valence-corrected chi connectivity index (χ0v) is 9.54. The Morgan fingerprint density at radius 3 is 2.60 bits per heavy atom. The van der Waals surface area contributed by atoms with E-state index in [0.717, 1.165) is 6.42 Å². The summed E-state index contributed by atoms with van der Waals surface area (Å²) < 4.78 is 5.16. The molecule has 0 radical (unpaired) electrons. The van der Waals surface area contributed by atoms with Gasteiger partial charge in [-0.25, -0.2) is 0 Å². The third-order valence-corrected chi connectivity index (χ3v) is 2.50. The van der Waals surface area contributed by atoms with Gasteiger partial charge < -0.3 is 4.74 Å². The zero-order chi connectivity index (χ0) is 11.1. The van der Waals surface area contributed by atoms with Crippen molar-refractivity contribution in [3.8, 4) is 0 Å². The maximum Gasteiger partial charge on any atom is 0.191 e. The molecule has 0 fully saturated rings. The molecular formula is C12H15ClO2. The highest BCUT2D eigenvalue weighted by atomic mass is 35.5. The molecule has 0 bridgehead atoms. The first-order valence-electron chi connectivity index (χ1n) is 4.97. The summed E-state index contributed by atoms with van der Waals surface area (Å²) >= 11 is 5.59. The first kappa shape index (κ1) is 12.2. The second-order valence-corrected chi connectivity index (χ2v) is 3.66. The van der Waals surface area contributed by atoms with Crippen molar-refractivity contribution in [3.63, 3.8) is 0 Å². The highest BCUT2D eigenvalue weighted by molar-refractivity contribution is 6.17. The van der Waals surface area contributed by atoms with Crippen LogP contribution in [0.1, 0.15) is 23.2 Å². The van der Waals surface area contributed by atoms with Gasteiger partial charge in [-0.05, 0) is 12.8 Å². The molecule has 0 saturated carbocycles. The molecule has 0 N–H and O–H groups in total. The zero-order valence-electron chi connectivity index (χ0n) is 8.78. The Bertz CT molecular complexity index is 298. The van der Waals surface area contributed by atoms with Crippen LogP contribution < -0.4 is 0 Å². The molecule has 1 aromatic carbocycles. The number of halogens is 1. The summed E-state index contributed by atoms with van der Waals surface area (Å²) in [5.41, 5.74) is 0.693. The van der Waals surface area contributed by atoms with Gasteiger partial charge in [0.25, 0.3) is 0 Å². The number of Topliss-reactive ketones (excluding diaryl/α,β-unsaturated/α-hetero) is 1. The number of rotatable bonds is 6. The molecule has 0 aliphatic heterocycles. The van der Waals surface area contributed by atoms with E-state index in [2.05, 4.69) is 0 Å². The van der Waals surface area contributed by atoms with Gasteiger partial charge in [-0.2, -0.15) is 0 Å². The van der Waals surface area contributed by atoms with Crippen molar-refractivity contribution in [3.05, 3.63) is 35.9 Å². The lowest BCUT2D eigenvalue weighted by atomic mass is 10.0. The third kappa shape index (κ3) is 3.65. The fraction of sp³-hybridized carbons (Fsp3) is 0.417. The van der Waals surface area contributed by atoms with E-state index in [9.17, 15) is 4.79 Å². The SMILES string of the molecule is COC(CCCCl)C(=O)c1ccccc1.